The molecule has 0 radical (unpaired) electrons. The third-order valence-electron chi connectivity index (χ3n) is 4.01. The van der Waals surface area contributed by atoms with Gasteiger partial charge in [-0.05, 0) is 51.1 Å². The maximum absolute atomic E-state index is 12.9. The molecule has 0 saturated carbocycles. The van der Waals surface area contributed by atoms with Crippen molar-refractivity contribution in [2.45, 2.75) is 26.4 Å². The van der Waals surface area contributed by atoms with Gasteiger partial charge in [0.2, 0.25) is 0 Å². The summed E-state index contributed by atoms with van der Waals surface area (Å²) in [6.07, 6.45) is 4.51. The Morgan fingerprint density at radius 2 is 1.93 bits per heavy atom. The first kappa shape index (κ1) is 17.4. The molecule has 0 atom stereocenters. The van der Waals surface area contributed by atoms with Crippen molar-refractivity contribution in [3.8, 4) is 11.3 Å². The van der Waals surface area contributed by atoms with Crippen LogP contribution in [-0.4, -0.2) is 31.2 Å². The summed E-state index contributed by atoms with van der Waals surface area (Å²) in [7, 11) is 0. The highest BCUT2D eigenvalue weighted by Crippen LogP contribution is 2.30. The van der Waals surface area contributed by atoms with Crippen molar-refractivity contribution in [3.05, 3.63) is 54.1 Å². The Kier molecular flexibility index (Phi) is 4.08. The fourth-order valence-corrected chi connectivity index (χ4v) is 3.12. The smallest absolute Gasteiger partial charge is 0.420 e. The van der Waals surface area contributed by atoms with Crippen molar-refractivity contribution >= 4 is 39.6 Å². The third-order valence-corrected chi connectivity index (χ3v) is 4.22. The molecule has 136 valence electrons. The van der Waals surface area contributed by atoms with Gasteiger partial charge in [-0.25, -0.2) is 19.3 Å². The Morgan fingerprint density at radius 3 is 2.67 bits per heavy atom. The number of aromatic nitrogens is 4. The van der Waals surface area contributed by atoms with E-state index in [-0.39, 0.29) is 0 Å². The molecule has 0 amide bonds. The van der Waals surface area contributed by atoms with Gasteiger partial charge in [0.1, 0.15) is 10.8 Å². The molecule has 0 aromatic carbocycles. The van der Waals surface area contributed by atoms with Gasteiger partial charge in [-0.2, -0.15) is 0 Å². The summed E-state index contributed by atoms with van der Waals surface area (Å²) >= 11 is 6.01. The molecule has 4 aromatic heterocycles. The Hall–Kier alpha value is -2.99. The van der Waals surface area contributed by atoms with E-state index in [1.165, 1.54) is 4.57 Å². The molecule has 4 heterocycles. The van der Waals surface area contributed by atoms with Crippen molar-refractivity contribution in [1.82, 2.24) is 19.5 Å². The molecule has 6 nitrogen and oxygen atoms in total. The quantitative estimate of drug-likeness (QED) is 0.430. The predicted molar refractivity (Wildman–Crippen MR) is 105 cm³/mol. The van der Waals surface area contributed by atoms with Crippen LogP contribution in [0.1, 0.15) is 20.8 Å². The molecule has 0 aliphatic heterocycles. The van der Waals surface area contributed by atoms with E-state index in [1.54, 1.807) is 30.7 Å². The zero-order chi connectivity index (χ0) is 19.2. The third kappa shape index (κ3) is 3.24. The van der Waals surface area contributed by atoms with Crippen LogP contribution in [0.15, 0.2) is 48.9 Å². The number of fused-ring (bicyclic) bond motifs is 3. The van der Waals surface area contributed by atoms with Gasteiger partial charge in [-0.15, -0.1) is 0 Å². The molecule has 0 spiro atoms. The Bertz CT molecular complexity index is 1180. The summed E-state index contributed by atoms with van der Waals surface area (Å²) in [5.41, 5.74) is 2.09. The van der Waals surface area contributed by atoms with E-state index in [0.29, 0.717) is 22.0 Å². The second kappa shape index (κ2) is 6.32. The largest absolute Gasteiger partial charge is 0.443 e. The number of halogens is 1. The van der Waals surface area contributed by atoms with Crippen LogP contribution in [0.25, 0.3) is 33.2 Å². The monoisotopic (exact) mass is 380 g/mol. The summed E-state index contributed by atoms with van der Waals surface area (Å²) in [4.78, 5) is 25.8. The van der Waals surface area contributed by atoms with E-state index in [4.69, 9.17) is 21.3 Å². The van der Waals surface area contributed by atoms with Crippen LogP contribution in [0.5, 0.6) is 0 Å². The fourth-order valence-electron chi connectivity index (χ4n) is 2.95. The standard InChI is InChI=1S/C20H17ClN4O2/c1-20(2,3)27-19(26)25-16-7-8-22-11-14(16)13-4-5-15(24-18(13)25)12-6-9-23-17(21)10-12/h4-11H,1-3H3. The number of pyridine rings is 3. The second-order valence-electron chi connectivity index (χ2n) is 7.14. The minimum atomic E-state index is -0.622. The first-order valence-electron chi connectivity index (χ1n) is 8.44. The zero-order valence-electron chi connectivity index (χ0n) is 15.1. The van der Waals surface area contributed by atoms with E-state index < -0.39 is 11.7 Å². The molecule has 0 saturated heterocycles. The van der Waals surface area contributed by atoms with Crippen molar-refractivity contribution in [1.29, 1.82) is 0 Å². The van der Waals surface area contributed by atoms with Crippen LogP contribution in [-0.2, 0) is 4.74 Å². The fraction of sp³-hybridized carbons (Fsp3) is 0.200. The molecule has 0 N–H and O–H groups in total. The van der Waals surface area contributed by atoms with Gasteiger partial charge in [0.05, 0.1) is 11.2 Å². The molecule has 27 heavy (non-hydrogen) atoms. The minimum absolute atomic E-state index is 0.381. The Labute approximate surface area is 160 Å². The molecule has 0 aliphatic rings. The first-order valence-corrected chi connectivity index (χ1v) is 8.82. The number of carbonyl (C=O) groups excluding carboxylic acids is 1. The number of ether oxygens (including phenoxy) is 1. The van der Waals surface area contributed by atoms with Gasteiger partial charge >= 0.3 is 6.09 Å². The average molecular weight is 381 g/mol. The van der Waals surface area contributed by atoms with Crippen molar-refractivity contribution in [2.24, 2.45) is 0 Å². The zero-order valence-corrected chi connectivity index (χ0v) is 15.9. The van der Waals surface area contributed by atoms with Crippen LogP contribution in [0.3, 0.4) is 0 Å². The molecule has 0 bridgehead atoms. The summed E-state index contributed by atoms with van der Waals surface area (Å²) < 4.78 is 7.09. The Morgan fingerprint density at radius 1 is 1.11 bits per heavy atom. The number of hydrogen-bond acceptors (Lipinski definition) is 5. The van der Waals surface area contributed by atoms with Crippen molar-refractivity contribution < 1.29 is 9.53 Å². The number of rotatable bonds is 1. The molecule has 4 aromatic rings. The highest BCUT2D eigenvalue weighted by Gasteiger charge is 2.23. The molecule has 0 unspecified atom stereocenters. The van der Waals surface area contributed by atoms with Crippen LogP contribution in [0.2, 0.25) is 5.15 Å². The molecule has 0 fully saturated rings. The normalized spacial score (nSPS) is 11.9. The van der Waals surface area contributed by atoms with Crippen LogP contribution in [0, 0.1) is 0 Å². The number of nitrogens with zero attached hydrogens (tertiary/aromatic N) is 4. The van der Waals surface area contributed by atoms with Gasteiger partial charge in [0, 0.05) is 34.9 Å². The molecule has 4 rings (SSSR count). The van der Waals surface area contributed by atoms with Crippen LogP contribution >= 0.6 is 11.6 Å². The summed E-state index contributed by atoms with van der Waals surface area (Å²) in [5, 5.41) is 2.05. The molecule has 0 aliphatic carbocycles. The van der Waals surface area contributed by atoms with E-state index in [9.17, 15) is 4.79 Å². The van der Waals surface area contributed by atoms with Gasteiger partial charge < -0.3 is 4.74 Å². The first-order chi connectivity index (χ1) is 12.8. The summed E-state index contributed by atoms with van der Waals surface area (Å²) in [5.74, 6) is 0. The van der Waals surface area contributed by atoms with Crippen LogP contribution in [0.4, 0.5) is 4.79 Å². The van der Waals surface area contributed by atoms with E-state index in [2.05, 4.69) is 9.97 Å². The highest BCUT2D eigenvalue weighted by molar-refractivity contribution is 6.29. The lowest BCUT2D eigenvalue weighted by molar-refractivity contribution is 0.0550. The summed E-state index contributed by atoms with van der Waals surface area (Å²) in [6.45, 7) is 5.49. The lowest BCUT2D eigenvalue weighted by Crippen LogP contribution is -2.27. The molecule has 7 heteroatoms. The van der Waals surface area contributed by atoms with Gasteiger partial charge in [0.25, 0.3) is 0 Å². The second-order valence-corrected chi connectivity index (χ2v) is 7.53. The number of carbonyl (C=O) groups is 1. The van der Waals surface area contributed by atoms with Gasteiger partial charge in [0.15, 0.2) is 5.65 Å². The van der Waals surface area contributed by atoms with Crippen molar-refractivity contribution in [3.63, 3.8) is 0 Å². The van der Waals surface area contributed by atoms with E-state index in [0.717, 1.165) is 16.3 Å². The lowest BCUT2D eigenvalue weighted by Gasteiger charge is -2.20. The van der Waals surface area contributed by atoms with Gasteiger partial charge in [-0.3, -0.25) is 4.98 Å². The SMILES string of the molecule is CC(C)(C)OC(=O)n1c2ccncc2c2ccc(-c3ccnc(Cl)c3)nc21. The van der Waals surface area contributed by atoms with E-state index >= 15 is 0 Å². The Balaban J connectivity index is 1.98. The predicted octanol–water partition coefficient (Wildman–Crippen LogP) is 5.08. The lowest BCUT2D eigenvalue weighted by atomic mass is 10.1. The highest BCUT2D eigenvalue weighted by atomic mass is 35.5. The average Bonchev–Trinajstić information content (AvgIpc) is 2.94. The van der Waals surface area contributed by atoms with Crippen LogP contribution < -0.4 is 0 Å². The molecular formula is C20H17ClN4O2. The topological polar surface area (TPSA) is 69.9 Å². The van der Waals surface area contributed by atoms with Gasteiger partial charge in [-0.1, -0.05) is 11.6 Å². The molecular weight excluding hydrogens is 364 g/mol. The number of hydrogen-bond donors (Lipinski definition) is 0. The minimum Gasteiger partial charge on any atom is -0.443 e. The maximum Gasteiger partial charge on any atom is 0.420 e. The van der Waals surface area contributed by atoms with Crippen molar-refractivity contribution in [2.75, 3.05) is 0 Å². The maximum atomic E-state index is 12.9. The summed E-state index contributed by atoms with van der Waals surface area (Å²) in [6, 6.07) is 9.15. The van der Waals surface area contributed by atoms with E-state index in [1.807, 2.05) is 39.0 Å².